The first kappa shape index (κ1) is 11.8. The summed E-state index contributed by atoms with van der Waals surface area (Å²) in [5, 5.41) is 3.41. The van der Waals surface area contributed by atoms with Gasteiger partial charge in [0.25, 0.3) is 0 Å². The van der Waals surface area contributed by atoms with E-state index >= 15 is 0 Å². The van der Waals surface area contributed by atoms with Gasteiger partial charge in [-0.3, -0.25) is 4.84 Å². The average molecular weight is 275 g/mol. The zero-order chi connectivity index (χ0) is 12.8. The number of nitrogens with zero attached hydrogens (tertiary/aromatic N) is 1. The van der Waals surface area contributed by atoms with E-state index in [0.29, 0.717) is 5.94 Å². The van der Waals surface area contributed by atoms with Crippen LogP contribution in [0.5, 0.6) is 0 Å². The zero-order valence-electron chi connectivity index (χ0n) is 10.6. The number of nitrogens with one attached hydrogen (secondary N) is 1. The second-order valence-electron chi connectivity index (χ2n) is 5.18. The third-order valence-corrected chi connectivity index (χ3v) is 4.95. The predicted octanol–water partition coefficient (Wildman–Crippen LogP) is 2.03. The Morgan fingerprint density at radius 3 is 3.21 bits per heavy atom. The SMILES string of the molecule is NC1CSCON2CCc3c([nH]c4ccccc34)C12. The number of para-hydroxylation sites is 1. The quantitative estimate of drug-likeness (QED) is 0.772. The number of aromatic amines is 1. The van der Waals surface area contributed by atoms with Crippen LogP contribution >= 0.6 is 11.8 Å². The third-order valence-electron chi connectivity index (χ3n) is 4.05. The van der Waals surface area contributed by atoms with Crippen LogP contribution in [0.2, 0.25) is 0 Å². The smallest absolute Gasteiger partial charge is 0.114 e. The first-order valence-corrected chi connectivity index (χ1v) is 7.82. The molecule has 3 N–H and O–H groups in total. The normalized spacial score (nSPS) is 27.8. The predicted molar refractivity (Wildman–Crippen MR) is 77.8 cm³/mol. The molecule has 2 unspecified atom stereocenters. The van der Waals surface area contributed by atoms with E-state index in [2.05, 4.69) is 34.3 Å². The van der Waals surface area contributed by atoms with Crippen LogP contribution in [0.25, 0.3) is 10.9 Å². The van der Waals surface area contributed by atoms with Crippen LogP contribution in [-0.4, -0.2) is 34.3 Å². The van der Waals surface area contributed by atoms with Crippen molar-refractivity contribution in [1.29, 1.82) is 0 Å². The molecule has 1 saturated heterocycles. The molecule has 2 aliphatic heterocycles. The topological polar surface area (TPSA) is 54.3 Å². The number of benzene rings is 1. The summed E-state index contributed by atoms with van der Waals surface area (Å²) >= 11 is 1.77. The second kappa shape index (κ2) is 4.52. The molecule has 5 heteroatoms. The molecule has 3 heterocycles. The lowest BCUT2D eigenvalue weighted by Gasteiger charge is -2.35. The van der Waals surface area contributed by atoms with Crippen molar-refractivity contribution in [2.45, 2.75) is 18.5 Å². The summed E-state index contributed by atoms with van der Waals surface area (Å²) in [7, 11) is 0. The zero-order valence-corrected chi connectivity index (χ0v) is 11.5. The minimum absolute atomic E-state index is 0.111. The van der Waals surface area contributed by atoms with Gasteiger partial charge in [-0.1, -0.05) is 18.2 Å². The van der Waals surface area contributed by atoms with Gasteiger partial charge in [-0.25, -0.2) is 0 Å². The van der Waals surface area contributed by atoms with Crippen molar-refractivity contribution in [3.8, 4) is 0 Å². The van der Waals surface area contributed by atoms with E-state index < -0.39 is 0 Å². The second-order valence-corrected chi connectivity index (χ2v) is 6.16. The molecule has 1 aromatic heterocycles. The minimum atomic E-state index is 0.111. The number of aromatic nitrogens is 1. The molecule has 1 fully saturated rings. The number of hydrogen-bond donors (Lipinski definition) is 2. The Morgan fingerprint density at radius 2 is 2.26 bits per heavy atom. The monoisotopic (exact) mass is 275 g/mol. The van der Waals surface area contributed by atoms with E-state index in [0.717, 1.165) is 18.7 Å². The largest absolute Gasteiger partial charge is 0.357 e. The lowest BCUT2D eigenvalue weighted by Crippen LogP contribution is -2.44. The molecule has 19 heavy (non-hydrogen) atoms. The van der Waals surface area contributed by atoms with Crippen LogP contribution in [0.15, 0.2) is 24.3 Å². The van der Waals surface area contributed by atoms with Gasteiger partial charge < -0.3 is 10.7 Å². The molecule has 2 aromatic rings. The maximum Gasteiger partial charge on any atom is 0.114 e. The molecule has 0 radical (unpaired) electrons. The van der Waals surface area contributed by atoms with E-state index in [-0.39, 0.29) is 12.1 Å². The molecular weight excluding hydrogens is 258 g/mol. The van der Waals surface area contributed by atoms with Crippen molar-refractivity contribution < 1.29 is 4.84 Å². The van der Waals surface area contributed by atoms with Crippen molar-refractivity contribution >= 4 is 22.7 Å². The van der Waals surface area contributed by atoms with Gasteiger partial charge >= 0.3 is 0 Å². The van der Waals surface area contributed by atoms with Crippen molar-refractivity contribution in [1.82, 2.24) is 10.0 Å². The lowest BCUT2D eigenvalue weighted by atomic mass is 9.95. The van der Waals surface area contributed by atoms with Crippen LogP contribution in [0.1, 0.15) is 17.3 Å². The van der Waals surface area contributed by atoms with Crippen molar-refractivity contribution in [3.05, 3.63) is 35.5 Å². The van der Waals surface area contributed by atoms with E-state index in [9.17, 15) is 0 Å². The number of hydrogen-bond acceptors (Lipinski definition) is 4. The highest BCUT2D eigenvalue weighted by atomic mass is 32.2. The Labute approximate surface area is 116 Å². The number of H-pyrrole nitrogens is 1. The molecule has 0 spiro atoms. The Bertz CT molecular complexity index is 612. The Balaban J connectivity index is 1.88. The summed E-state index contributed by atoms with van der Waals surface area (Å²) in [5.41, 5.74) is 10.2. The minimum Gasteiger partial charge on any atom is -0.357 e. The van der Waals surface area contributed by atoms with Crippen LogP contribution < -0.4 is 5.73 Å². The Morgan fingerprint density at radius 1 is 1.37 bits per heavy atom. The van der Waals surface area contributed by atoms with Crippen LogP contribution in [-0.2, 0) is 11.3 Å². The fourth-order valence-corrected chi connectivity index (χ4v) is 3.96. The van der Waals surface area contributed by atoms with Crippen LogP contribution in [0.4, 0.5) is 0 Å². The van der Waals surface area contributed by atoms with Crippen LogP contribution in [0.3, 0.4) is 0 Å². The molecular formula is C14H17N3OS. The summed E-state index contributed by atoms with van der Waals surface area (Å²) in [4.78, 5) is 9.39. The highest BCUT2D eigenvalue weighted by Crippen LogP contribution is 2.38. The third kappa shape index (κ3) is 1.80. The van der Waals surface area contributed by atoms with Gasteiger partial charge in [0.2, 0.25) is 0 Å². The molecule has 1 aromatic carbocycles. The highest BCUT2D eigenvalue weighted by Gasteiger charge is 2.36. The summed E-state index contributed by atoms with van der Waals surface area (Å²) in [6, 6.07) is 8.77. The van der Waals surface area contributed by atoms with Gasteiger partial charge in [0.15, 0.2) is 0 Å². The van der Waals surface area contributed by atoms with E-state index in [1.54, 1.807) is 11.8 Å². The number of nitrogens with two attached hydrogens (primary N) is 1. The molecule has 4 rings (SSSR count). The number of hydroxylamine groups is 2. The molecule has 4 nitrogen and oxygen atoms in total. The molecule has 2 atom stereocenters. The fraction of sp³-hybridized carbons (Fsp3) is 0.429. The number of thioether (sulfide) groups is 1. The summed E-state index contributed by atoms with van der Waals surface area (Å²) < 4.78 is 0. The molecule has 0 saturated carbocycles. The average Bonchev–Trinajstić information content (AvgIpc) is 2.70. The number of fused-ring (bicyclic) bond motifs is 5. The fourth-order valence-electron chi connectivity index (χ4n) is 3.20. The maximum atomic E-state index is 6.36. The highest BCUT2D eigenvalue weighted by molar-refractivity contribution is 7.99. The molecule has 0 bridgehead atoms. The van der Waals surface area contributed by atoms with Gasteiger partial charge in [0.05, 0.1) is 6.04 Å². The molecule has 0 aliphatic carbocycles. The lowest BCUT2D eigenvalue weighted by molar-refractivity contribution is -0.175. The van der Waals surface area contributed by atoms with Gasteiger partial charge in [-0.05, 0) is 18.1 Å². The van der Waals surface area contributed by atoms with E-state index in [4.69, 9.17) is 10.6 Å². The Kier molecular flexibility index (Phi) is 2.81. The van der Waals surface area contributed by atoms with Gasteiger partial charge in [-0.15, -0.1) is 11.8 Å². The first-order valence-electron chi connectivity index (χ1n) is 6.67. The summed E-state index contributed by atoms with van der Waals surface area (Å²) in [6.45, 7) is 0.924. The van der Waals surface area contributed by atoms with E-state index in [1.807, 2.05) is 0 Å². The Hall–Kier alpha value is -1.01. The van der Waals surface area contributed by atoms with Crippen LogP contribution in [0, 0.1) is 0 Å². The summed E-state index contributed by atoms with van der Waals surface area (Å²) in [5.74, 6) is 1.65. The summed E-state index contributed by atoms with van der Waals surface area (Å²) in [6.07, 6.45) is 1.02. The molecule has 100 valence electrons. The van der Waals surface area contributed by atoms with Crippen molar-refractivity contribution in [2.24, 2.45) is 5.73 Å². The maximum absolute atomic E-state index is 6.36. The first-order chi connectivity index (χ1) is 9.34. The number of rotatable bonds is 0. The van der Waals surface area contributed by atoms with E-state index in [1.165, 1.54) is 22.2 Å². The molecule has 0 amide bonds. The van der Waals surface area contributed by atoms with Gasteiger partial charge in [0, 0.05) is 34.9 Å². The molecule has 2 aliphatic rings. The van der Waals surface area contributed by atoms with Crippen molar-refractivity contribution in [3.63, 3.8) is 0 Å². The van der Waals surface area contributed by atoms with Gasteiger partial charge in [0.1, 0.15) is 5.94 Å². The standard InChI is InChI=1S/C14H17N3OS/c15-11-7-19-8-18-17-6-5-10-9-3-1-2-4-12(9)16-13(10)14(11)17/h1-4,11,14,16H,5-8,15H2. The van der Waals surface area contributed by atoms with Gasteiger partial charge in [-0.2, -0.15) is 5.06 Å². The van der Waals surface area contributed by atoms with Crippen molar-refractivity contribution in [2.75, 3.05) is 18.2 Å².